The molecule has 0 aromatic carbocycles. The Labute approximate surface area is 293 Å². The molecule has 0 saturated heterocycles. The summed E-state index contributed by atoms with van der Waals surface area (Å²) in [5.41, 5.74) is 7.41. The van der Waals surface area contributed by atoms with Gasteiger partial charge in [0.2, 0.25) is 0 Å². The van der Waals surface area contributed by atoms with E-state index in [1.54, 1.807) is 0 Å². The van der Waals surface area contributed by atoms with E-state index in [1.165, 1.54) is 91.7 Å². The first-order valence-corrected chi connectivity index (χ1v) is 19.1. The molecule has 1 saturated carbocycles. The zero-order chi connectivity index (χ0) is 34.0. The Morgan fingerprint density at radius 3 is 2.65 bits per heavy atom. The fourth-order valence-electron chi connectivity index (χ4n) is 8.08. The van der Waals surface area contributed by atoms with E-state index in [0.29, 0.717) is 29.7 Å². The van der Waals surface area contributed by atoms with Gasteiger partial charge in [0.15, 0.2) is 0 Å². The lowest BCUT2D eigenvalue weighted by molar-refractivity contribution is 0.256. The van der Waals surface area contributed by atoms with Gasteiger partial charge in [-0.05, 0) is 122 Å². The molecule has 3 N–H and O–H groups in total. The van der Waals surface area contributed by atoms with Gasteiger partial charge >= 0.3 is 0 Å². The molecule has 0 spiro atoms. The maximum absolute atomic E-state index is 7.86. The van der Waals surface area contributed by atoms with Crippen LogP contribution in [0.4, 0.5) is 0 Å². The predicted molar refractivity (Wildman–Crippen MR) is 210 cm³/mol. The fourth-order valence-corrected chi connectivity index (χ4v) is 8.08. The second-order valence-corrected chi connectivity index (χ2v) is 14.5. The summed E-state index contributed by atoms with van der Waals surface area (Å²) in [6.07, 6.45) is 51.0. The molecule has 0 amide bonds. The van der Waals surface area contributed by atoms with E-state index in [-0.39, 0.29) is 5.92 Å². The Morgan fingerprint density at radius 1 is 1.04 bits per heavy atom. The molecule has 4 aliphatic carbocycles. The second-order valence-electron chi connectivity index (χ2n) is 14.5. The first kappa shape index (κ1) is 37.5. The van der Waals surface area contributed by atoms with Crippen LogP contribution in [0.15, 0.2) is 120 Å². The number of rotatable bonds is 18. The highest BCUT2D eigenvalue weighted by molar-refractivity contribution is 5.60. The van der Waals surface area contributed by atoms with E-state index < -0.39 is 0 Å². The highest BCUT2D eigenvalue weighted by Gasteiger charge is 2.30. The minimum Gasteiger partial charge on any atom is -0.313 e. The van der Waals surface area contributed by atoms with Gasteiger partial charge in [0.25, 0.3) is 0 Å². The third kappa shape index (κ3) is 11.7. The standard InChI is InChI=1S/C45H63N3/c1-4-5-26-45-36(3)44(30-29-39(45)21-15-18-37(33-47)17-9-8-14-31-46)35(2)27-28-42(34-48-43-24-12-7-13-25-43)41-23-16-22-40(32-41)38-19-10-6-11-20-38/h4-5,9-10,15-17,19-23,26,28,31,33,35-37,40,43-44,46-48H,1,6-8,11-14,18,24-25,27,29-30,32,34H2,2-3H3/b17-9+,21-15+,26-5-,42-28+,46-31?,47-33?. The van der Waals surface area contributed by atoms with E-state index in [9.17, 15) is 0 Å². The number of unbranched alkanes of at least 4 members (excludes halogenated alkanes) is 1. The van der Waals surface area contributed by atoms with E-state index in [2.05, 4.69) is 105 Å². The molecular weight excluding hydrogens is 583 g/mol. The molecule has 0 aliphatic heterocycles. The minimum absolute atomic E-state index is 0.114. The summed E-state index contributed by atoms with van der Waals surface area (Å²) < 4.78 is 0. The van der Waals surface area contributed by atoms with Crippen molar-refractivity contribution in [3.8, 4) is 0 Å². The maximum Gasteiger partial charge on any atom is 0.0207 e. The average molecular weight is 646 g/mol. The molecule has 3 heteroatoms. The average Bonchev–Trinajstić information content (AvgIpc) is 3.13. The predicted octanol–water partition coefficient (Wildman–Crippen LogP) is 11.9. The van der Waals surface area contributed by atoms with Crippen molar-refractivity contribution in [2.45, 2.75) is 110 Å². The van der Waals surface area contributed by atoms with Crippen LogP contribution in [0.2, 0.25) is 0 Å². The molecule has 0 radical (unpaired) electrons. The first-order chi connectivity index (χ1) is 23.5. The van der Waals surface area contributed by atoms with Gasteiger partial charge in [0.1, 0.15) is 0 Å². The molecule has 0 aromatic heterocycles. The summed E-state index contributed by atoms with van der Waals surface area (Å²) >= 11 is 0. The van der Waals surface area contributed by atoms with Crippen molar-refractivity contribution >= 4 is 12.4 Å². The second kappa shape index (κ2) is 20.9. The number of hydrogen-bond acceptors (Lipinski definition) is 3. The van der Waals surface area contributed by atoms with Crippen molar-refractivity contribution < 1.29 is 0 Å². The molecule has 5 unspecified atom stereocenters. The van der Waals surface area contributed by atoms with Gasteiger partial charge in [-0.15, -0.1) is 0 Å². The topological polar surface area (TPSA) is 59.7 Å². The van der Waals surface area contributed by atoms with Crippen LogP contribution >= 0.6 is 0 Å². The van der Waals surface area contributed by atoms with Crippen molar-refractivity contribution in [2.75, 3.05) is 6.54 Å². The molecule has 0 heterocycles. The third-order valence-electron chi connectivity index (χ3n) is 11.1. The molecule has 0 bridgehead atoms. The van der Waals surface area contributed by atoms with Crippen molar-refractivity contribution in [3.05, 3.63) is 120 Å². The Morgan fingerprint density at radius 2 is 1.90 bits per heavy atom. The van der Waals surface area contributed by atoms with Crippen LogP contribution in [0.5, 0.6) is 0 Å². The van der Waals surface area contributed by atoms with E-state index in [4.69, 9.17) is 10.8 Å². The van der Waals surface area contributed by atoms with Gasteiger partial charge in [-0.3, -0.25) is 0 Å². The van der Waals surface area contributed by atoms with Crippen LogP contribution in [-0.2, 0) is 0 Å². The summed E-state index contributed by atoms with van der Waals surface area (Å²) in [7, 11) is 0. The Bertz CT molecular complexity index is 1340. The molecule has 0 aromatic rings. The van der Waals surface area contributed by atoms with E-state index in [1.807, 2.05) is 6.08 Å². The molecule has 4 rings (SSSR count). The van der Waals surface area contributed by atoms with Crippen LogP contribution in [0.25, 0.3) is 0 Å². The quantitative estimate of drug-likeness (QED) is 0.0590. The lowest BCUT2D eigenvalue weighted by Crippen LogP contribution is -2.33. The molecular formula is C45H63N3. The molecule has 3 nitrogen and oxygen atoms in total. The first-order valence-electron chi connectivity index (χ1n) is 19.1. The summed E-state index contributed by atoms with van der Waals surface area (Å²) in [5.74, 6) is 2.31. The van der Waals surface area contributed by atoms with Gasteiger partial charge in [-0.25, -0.2) is 0 Å². The summed E-state index contributed by atoms with van der Waals surface area (Å²) in [4.78, 5) is 0. The van der Waals surface area contributed by atoms with Crippen molar-refractivity contribution in [1.29, 1.82) is 10.8 Å². The lowest BCUT2D eigenvalue weighted by Gasteiger charge is -2.36. The van der Waals surface area contributed by atoms with Crippen molar-refractivity contribution in [1.82, 2.24) is 5.32 Å². The van der Waals surface area contributed by atoms with Crippen LogP contribution < -0.4 is 5.32 Å². The van der Waals surface area contributed by atoms with Crippen molar-refractivity contribution in [2.24, 2.45) is 29.6 Å². The van der Waals surface area contributed by atoms with Crippen LogP contribution in [0, 0.1) is 40.4 Å². The van der Waals surface area contributed by atoms with Gasteiger partial charge in [0.05, 0.1) is 0 Å². The van der Waals surface area contributed by atoms with Crippen LogP contribution in [0.1, 0.15) is 104 Å². The van der Waals surface area contributed by atoms with Gasteiger partial charge in [-0.1, -0.05) is 125 Å². The highest BCUT2D eigenvalue weighted by atomic mass is 14.9. The monoisotopic (exact) mass is 646 g/mol. The Balaban J connectivity index is 1.46. The van der Waals surface area contributed by atoms with Crippen molar-refractivity contribution in [3.63, 3.8) is 0 Å². The van der Waals surface area contributed by atoms with Crippen LogP contribution in [-0.4, -0.2) is 25.0 Å². The zero-order valence-electron chi connectivity index (χ0n) is 30.0. The minimum atomic E-state index is 0.114. The highest BCUT2D eigenvalue weighted by Crippen LogP contribution is 2.42. The van der Waals surface area contributed by atoms with E-state index >= 15 is 0 Å². The van der Waals surface area contributed by atoms with E-state index in [0.717, 1.165) is 45.1 Å². The smallest absolute Gasteiger partial charge is 0.0207 e. The SMILES string of the molecule is C=C/C=C\C1=C(/C=C/CC(C=N)/C=C/CCC=N)CCC(C(C)C/C=C(\CNC2CCCCC2)C2=CC=CC(C3=CCCC=C3)C2)C1C. The number of hydrogen-bond donors (Lipinski definition) is 3. The Hall–Kier alpha value is -3.30. The summed E-state index contributed by atoms with van der Waals surface area (Å²) in [5, 5.41) is 19.1. The summed E-state index contributed by atoms with van der Waals surface area (Å²) in [6.45, 7) is 9.86. The summed E-state index contributed by atoms with van der Waals surface area (Å²) in [6, 6.07) is 0.658. The molecule has 4 aliphatic rings. The molecule has 1 fully saturated rings. The van der Waals surface area contributed by atoms with Gasteiger partial charge in [0, 0.05) is 30.6 Å². The normalized spacial score (nSPS) is 25.5. The van der Waals surface area contributed by atoms with Gasteiger partial charge in [-0.2, -0.15) is 0 Å². The number of allylic oxidation sites excluding steroid dienone is 17. The molecule has 258 valence electrons. The lowest BCUT2D eigenvalue weighted by atomic mass is 9.69. The molecule has 48 heavy (non-hydrogen) atoms. The fraction of sp³-hybridized carbons (Fsp3) is 0.511. The Kier molecular flexibility index (Phi) is 16.4. The molecule has 5 atom stereocenters. The van der Waals surface area contributed by atoms with Gasteiger partial charge < -0.3 is 16.1 Å². The largest absolute Gasteiger partial charge is 0.313 e. The number of nitrogens with one attached hydrogen (secondary N) is 3. The maximum atomic E-state index is 7.86. The third-order valence-corrected chi connectivity index (χ3v) is 11.1. The zero-order valence-corrected chi connectivity index (χ0v) is 30.0. The van der Waals surface area contributed by atoms with Crippen LogP contribution in [0.3, 0.4) is 0 Å².